The molecule has 5 heteroatoms. The third-order valence-electron chi connectivity index (χ3n) is 4.82. The van der Waals surface area contributed by atoms with E-state index in [0.29, 0.717) is 16.6 Å². The van der Waals surface area contributed by atoms with Crippen LogP contribution in [-0.4, -0.2) is 24.7 Å². The van der Waals surface area contributed by atoms with Crippen LogP contribution in [0.5, 0.6) is 0 Å². The summed E-state index contributed by atoms with van der Waals surface area (Å²) < 4.78 is 9.50. The summed E-state index contributed by atoms with van der Waals surface area (Å²) in [5.74, 6) is 0. The molecular weight excluding hydrogens is 344 g/mol. The minimum atomic E-state index is -1.75. The van der Waals surface area contributed by atoms with E-state index in [-0.39, 0.29) is 0 Å². The van der Waals surface area contributed by atoms with Crippen molar-refractivity contribution in [3.05, 3.63) is 15.9 Å². The van der Waals surface area contributed by atoms with Gasteiger partial charge in [-0.2, -0.15) is 5.10 Å². The van der Waals surface area contributed by atoms with Gasteiger partial charge in [0, 0.05) is 24.9 Å². The lowest BCUT2D eigenvalue weighted by Crippen LogP contribution is -2.48. The summed E-state index contributed by atoms with van der Waals surface area (Å²) in [5, 5.41) is 4.42. The van der Waals surface area contributed by atoms with Gasteiger partial charge in [0.1, 0.15) is 4.60 Å². The highest BCUT2D eigenvalue weighted by molar-refractivity contribution is 9.10. The molecule has 0 amide bonds. The highest BCUT2D eigenvalue weighted by Gasteiger charge is 2.44. The Morgan fingerprint density at radius 3 is 1.90 bits per heavy atom. The van der Waals surface area contributed by atoms with Crippen LogP contribution in [0, 0.1) is 6.92 Å². The van der Waals surface area contributed by atoms with Gasteiger partial charge in [-0.3, -0.25) is 4.68 Å². The maximum absolute atomic E-state index is 6.62. The first-order valence-corrected chi connectivity index (χ1v) is 10.9. The minimum Gasteiger partial charge on any atom is -0.416 e. The van der Waals surface area contributed by atoms with Crippen LogP contribution < -0.4 is 0 Å². The monoisotopic (exact) mass is 374 g/mol. The molecule has 0 bridgehead atoms. The third kappa shape index (κ3) is 3.80. The normalized spacial score (nSPS) is 13.0. The van der Waals surface area contributed by atoms with Crippen LogP contribution in [0.25, 0.3) is 0 Å². The molecule has 0 spiro atoms. The summed E-state index contributed by atoms with van der Waals surface area (Å²) in [7, 11) is 0.234. The molecule has 0 atom stereocenters. The Balaban J connectivity index is 2.84. The van der Waals surface area contributed by atoms with E-state index < -0.39 is 8.32 Å². The fraction of sp³-hybridized carbons (Fsp3) is 0.812. The molecule has 0 unspecified atom stereocenters. The molecule has 0 radical (unpaired) electrons. The summed E-state index contributed by atoms with van der Waals surface area (Å²) in [6.45, 7) is 16.9. The van der Waals surface area contributed by atoms with Crippen LogP contribution in [-0.2, 0) is 17.9 Å². The number of aryl methyl sites for hydroxylation is 1. The molecule has 21 heavy (non-hydrogen) atoms. The van der Waals surface area contributed by atoms with Crippen molar-refractivity contribution in [1.82, 2.24) is 9.78 Å². The van der Waals surface area contributed by atoms with Crippen LogP contribution in [0.15, 0.2) is 4.60 Å². The highest BCUT2D eigenvalue weighted by atomic mass is 79.9. The van der Waals surface area contributed by atoms with Crippen molar-refractivity contribution in [3.63, 3.8) is 0 Å². The molecule has 1 rings (SSSR count). The maximum Gasteiger partial charge on any atom is 0.200 e. The molecule has 0 aliphatic carbocycles. The zero-order valence-corrected chi connectivity index (χ0v) is 17.4. The smallest absolute Gasteiger partial charge is 0.200 e. The first-order chi connectivity index (χ1) is 9.64. The largest absolute Gasteiger partial charge is 0.416 e. The van der Waals surface area contributed by atoms with Gasteiger partial charge in [0.15, 0.2) is 8.32 Å². The van der Waals surface area contributed by atoms with Crippen molar-refractivity contribution in [2.24, 2.45) is 7.05 Å². The Hall–Kier alpha value is -0.133. The molecule has 0 aliphatic heterocycles. The molecule has 1 heterocycles. The van der Waals surface area contributed by atoms with Crippen molar-refractivity contribution in [2.75, 3.05) is 6.61 Å². The van der Waals surface area contributed by atoms with Gasteiger partial charge in [0.25, 0.3) is 0 Å². The maximum atomic E-state index is 6.62. The third-order valence-corrected chi connectivity index (χ3v) is 11.6. The second-order valence-corrected chi connectivity index (χ2v) is 13.1. The minimum absolute atomic E-state index is 0.635. The van der Waals surface area contributed by atoms with E-state index >= 15 is 0 Å². The van der Waals surface area contributed by atoms with Gasteiger partial charge in [0.2, 0.25) is 0 Å². The van der Waals surface area contributed by atoms with Crippen LogP contribution in [0.1, 0.15) is 52.8 Å². The Kier molecular flexibility index (Phi) is 6.69. The Labute approximate surface area is 139 Å². The first-order valence-electron chi connectivity index (χ1n) is 7.96. The van der Waals surface area contributed by atoms with Crippen molar-refractivity contribution in [2.45, 2.75) is 71.5 Å². The van der Waals surface area contributed by atoms with E-state index in [2.05, 4.69) is 69.5 Å². The topological polar surface area (TPSA) is 27.1 Å². The Morgan fingerprint density at radius 2 is 1.57 bits per heavy atom. The number of rotatable bonds is 7. The molecule has 0 fully saturated rings. The molecule has 0 aromatic carbocycles. The molecule has 1 aromatic heterocycles. The van der Waals surface area contributed by atoms with E-state index in [4.69, 9.17) is 4.43 Å². The van der Waals surface area contributed by atoms with Crippen molar-refractivity contribution < 1.29 is 4.43 Å². The summed E-state index contributed by atoms with van der Waals surface area (Å²) in [5.41, 5.74) is 4.40. The van der Waals surface area contributed by atoms with E-state index in [1.54, 1.807) is 0 Å². The fourth-order valence-electron chi connectivity index (χ4n) is 3.73. The second-order valence-electron chi connectivity index (χ2n) is 6.89. The number of aromatic nitrogens is 2. The number of halogens is 1. The van der Waals surface area contributed by atoms with Gasteiger partial charge in [-0.1, -0.05) is 41.5 Å². The number of hydrogen-bond acceptors (Lipinski definition) is 2. The molecule has 1 aromatic rings. The quantitative estimate of drug-likeness (QED) is 0.611. The van der Waals surface area contributed by atoms with Gasteiger partial charge in [-0.05, 0) is 45.9 Å². The van der Waals surface area contributed by atoms with Crippen LogP contribution in [0.4, 0.5) is 0 Å². The summed E-state index contributed by atoms with van der Waals surface area (Å²) >= 11 is 3.56. The molecule has 0 N–H and O–H groups in total. The van der Waals surface area contributed by atoms with Gasteiger partial charge in [-0.25, -0.2) is 0 Å². The average molecular weight is 375 g/mol. The lowest BCUT2D eigenvalue weighted by atomic mass is 10.2. The molecule has 0 aliphatic rings. The molecule has 0 saturated carbocycles. The van der Waals surface area contributed by atoms with Crippen molar-refractivity contribution in [3.8, 4) is 0 Å². The fourth-order valence-corrected chi connectivity index (χ4v) is 9.90. The van der Waals surface area contributed by atoms with Crippen LogP contribution >= 0.6 is 15.9 Å². The van der Waals surface area contributed by atoms with Crippen molar-refractivity contribution >= 4 is 24.2 Å². The molecule has 3 nitrogen and oxygen atoms in total. The Bertz CT molecular complexity index is 447. The average Bonchev–Trinajstić information content (AvgIpc) is 2.59. The lowest BCUT2D eigenvalue weighted by Gasteiger charge is -2.42. The van der Waals surface area contributed by atoms with Crippen LogP contribution in [0.3, 0.4) is 0 Å². The lowest BCUT2D eigenvalue weighted by molar-refractivity contribution is 0.281. The van der Waals surface area contributed by atoms with E-state index in [0.717, 1.165) is 17.6 Å². The van der Waals surface area contributed by atoms with Crippen molar-refractivity contribution in [1.29, 1.82) is 0 Å². The summed E-state index contributed by atoms with van der Waals surface area (Å²) in [4.78, 5) is 0. The molecular formula is C16H31BrN2OSi. The highest BCUT2D eigenvalue weighted by Crippen LogP contribution is 2.42. The SMILES string of the molecule is Cc1c(CCO[Si](C(C)C)(C(C)C)C(C)C)c(Br)nn1C. The van der Waals surface area contributed by atoms with Crippen LogP contribution in [0.2, 0.25) is 16.6 Å². The predicted octanol–water partition coefficient (Wildman–Crippen LogP) is 5.23. The Morgan fingerprint density at radius 1 is 1.10 bits per heavy atom. The summed E-state index contributed by atoms with van der Waals surface area (Å²) in [6, 6.07) is 0. The predicted molar refractivity (Wildman–Crippen MR) is 96.3 cm³/mol. The second kappa shape index (κ2) is 7.42. The van der Waals surface area contributed by atoms with Gasteiger partial charge >= 0.3 is 0 Å². The summed E-state index contributed by atoms with van der Waals surface area (Å²) in [6.07, 6.45) is 0.932. The number of nitrogens with zero attached hydrogens (tertiary/aromatic N) is 2. The van der Waals surface area contributed by atoms with Gasteiger partial charge in [0.05, 0.1) is 0 Å². The molecule has 0 saturated heterocycles. The zero-order valence-electron chi connectivity index (χ0n) is 14.8. The van der Waals surface area contributed by atoms with E-state index in [1.165, 1.54) is 11.3 Å². The zero-order chi connectivity index (χ0) is 16.4. The van der Waals surface area contributed by atoms with E-state index in [9.17, 15) is 0 Å². The van der Waals surface area contributed by atoms with Gasteiger partial charge in [-0.15, -0.1) is 0 Å². The molecule has 122 valence electrons. The number of hydrogen-bond donors (Lipinski definition) is 0. The standard InChI is InChI=1S/C16H31BrN2OSi/c1-11(2)21(12(3)4,13(5)6)20-10-9-15-14(7)19(8)18-16(15)17/h11-13H,9-10H2,1-8H3. The van der Waals surface area contributed by atoms with E-state index in [1.807, 2.05) is 11.7 Å². The first kappa shape index (κ1) is 18.9. The van der Waals surface area contributed by atoms with Gasteiger partial charge < -0.3 is 4.43 Å².